The Hall–Kier alpha value is 1.00. The van der Waals surface area contributed by atoms with Crippen LogP contribution in [0, 0.1) is 0 Å². The Kier molecular flexibility index (Phi) is 8.51. The lowest BCUT2D eigenvalue weighted by Gasteiger charge is -2.29. The summed E-state index contributed by atoms with van der Waals surface area (Å²) >= 11 is 2.34. The second kappa shape index (κ2) is 9.07. The maximum Gasteiger partial charge on any atom is 0.0225 e. The van der Waals surface area contributed by atoms with Crippen molar-refractivity contribution in [2.45, 2.75) is 38.5 Å². The Morgan fingerprint density at radius 2 is 1.20 bits per heavy atom. The molecule has 0 spiro atoms. The molecule has 0 unspecified atom stereocenters. The van der Waals surface area contributed by atoms with Crippen LogP contribution in [-0.2, 0) is 0 Å². The molecule has 1 saturated heterocycles. The minimum absolute atomic E-state index is 1.21. The first-order valence-electron chi connectivity index (χ1n) is 6.05. The van der Waals surface area contributed by atoms with Crippen molar-refractivity contribution in [3.63, 3.8) is 0 Å². The number of halogens is 1. The molecule has 0 amide bonds. The number of likely N-dealkylation sites (N-methyl/N-ethyl adjacent to an activating group) is 1. The summed E-state index contributed by atoms with van der Waals surface area (Å²) in [6, 6.07) is 0. The highest BCUT2D eigenvalue weighted by Crippen LogP contribution is 2.19. The van der Waals surface area contributed by atoms with E-state index in [9.17, 15) is 0 Å². The first-order chi connectivity index (χ1) is 7.33. The molecule has 0 atom stereocenters. The van der Waals surface area contributed by atoms with Crippen LogP contribution in [0.1, 0.15) is 38.5 Å². The van der Waals surface area contributed by atoms with Crippen molar-refractivity contribution in [1.29, 1.82) is 0 Å². The van der Waals surface area contributed by atoms with Crippen molar-refractivity contribution >= 4 is 30.3 Å². The van der Waals surface area contributed by atoms with Crippen LogP contribution in [0.15, 0.2) is 0 Å². The summed E-state index contributed by atoms with van der Waals surface area (Å²) in [5.41, 5.74) is 0. The molecule has 1 heterocycles. The van der Waals surface area contributed by atoms with Gasteiger partial charge in [0.25, 0.3) is 0 Å². The molecule has 2 nitrogen and oxygen atoms in total. The van der Waals surface area contributed by atoms with Crippen molar-refractivity contribution in [2.24, 2.45) is 0 Å². The number of nitrogens with zero attached hydrogens (tertiary/aromatic N) is 2. The van der Waals surface area contributed by atoms with Crippen molar-refractivity contribution in [3.05, 3.63) is 0 Å². The number of piperazine rings is 1. The molecule has 1 aliphatic heterocycles. The van der Waals surface area contributed by atoms with Gasteiger partial charge in [-0.1, -0.05) is 38.5 Å². The molecule has 0 aromatic carbocycles. The minimum atomic E-state index is 1.21. The van der Waals surface area contributed by atoms with Crippen LogP contribution >= 0.6 is 30.3 Å². The molecule has 0 aromatic rings. The summed E-state index contributed by atoms with van der Waals surface area (Å²) in [6.07, 6.45) is 9.00. The SMILES string of the molecule is C1CCCCC1.CN1CCN(SI)CC1. The van der Waals surface area contributed by atoms with Crippen molar-refractivity contribution in [2.75, 3.05) is 33.2 Å². The second-order valence-corrected chi connectivity index (χ2v) is 6.26. The Labute approximate surface area is 111 Å². The minimum Gasteiger partial charge on any atom is -0.304 e. The fourth-order valence-electron chi connectivity index (χ4n) is 1.92. The normalized spacial score (nSPS) is 24.4. The molecule has 0 N–H and O–H groups in total. The van der Waals surface area contributed by atoms with Gasteiger partial charge in [0.2, 0.25) is 0 Å². The number of rotatable bonds is 1. The Morgan fingerprint density at radius 3 is 1.53 bits per heavy atom. The Bertz CT molecular complexity index is 134. The molecule has 0 bridgehead atoms. The van der Waals surface area contributed by atoms with Crippen molar-refractivity contribution in [1.82, 2.24) is 9.21 Å². The average Bonchev–Trinajstić information content (AvgIpc) is 2.33. The molecular weight excluding hydrogens is 319 g/mol. The van der Waals surface area contributed by atoms with E-state index in [1.54, 1.807) is 0 Å². The molecule has 2 aliphatic rings. The van der Waals surface area contributed by atoms with Crippen LogP contribution in [-0.4, -0.2) is 42.4 Å². The summed E-state index contributed by atoms with van der Waals surface area (Å²) in [6.45, 7) is 4.86. The monoisotopic (exact) mass is 342 g/mol. The molecule has 0 aromatic heterocycles. The van der Waals surface area contributed by atoms with Crippen LogP contribution in [0.25, 0.3) is 0 Å². The third-order valence-electron chi connectivity index (χ3n) is 3.06. The predicted molar refractivity (Wildman–Crippen MR) is 78.4 cm³/mol. The van der Waals surface area contributed by atoms with E-state index >= 15 is 0 Å². The van der Waals surface area contributed by atoms with E-state index in [0.717, 1.165) is 0 Å². The topological polar surface area (TPSA) is 6.48 Å². The van der Waals surface area contributed by atoms with E-state index in [-0.39, 0.29) is 0 Å². The summed E-state index contributed by atoms with van der Waals surface area (Å²) in [7, 11) is 4.00. The third-order valence-corrected chi connectivity index (χ3v) is 5.29. The van der Waals surface area contributed by atoms with Gasteiger partial charge >= 0.3 is 0 Å². The quantitative estimate of drug-likeness (QED) is 0.531. The van der Waals surface area contributed by atoms with Crippen LogP contribution in [0.3, 0.4) is 0 Å². The summed E-state index contributed by atoms with van der Waals surface area (Å²) in [5.74, 6) is 0. The van der Waals surface area contributed by atoms with Crippen LogP contribution in [0.4, 0.5) is 0 Å². The second-order valence-electron chi connectivity index (χ2n) is 4.42. The van der Waals surface area contributed by atoms with Gasteiger partial charge in [0.1, 0.15) is 0 Å². The Balaban J connectivity index is 0.000000162. The van der Waals surface area contributed by atoms with E-state index < -0.39 is 0 Å². The molecule has 4 heteroatoms. The van der Waals surface area contributed by atoms with Crippen LogP contribution in [0.2, 0.25) is 0 Å². The summed E-state index contributed by atoms with van der Waals surface area (Å²) in [4.78, 5) is 2.36. The fraction of sp³-hybridized carbons (Fsp3) is 1.00. The summed E-state index contributed by atoms with van der Waals surface area (Å²) in [5, 5.41) is 0. The molecular formula is C11H23IN2S. The highest BCUT2D eigenvalue weighted by molar-refractivity contribution is 14.2. The molecule has 1 saturated carbocycles. The average molecular weight is 342 g/mol. The zero-order valence-electron chi connectivity index (χ0n) is 9.75. The smallest absolute Gasteiger partial charge is 0.0225 e. The molecule has 0 radical (unpaired) electrons. The lowest BCUT2D eigenvalue weighted by atomic mass is 10.0. The first kappa shape index (κ1) is 14.1. The van der Waals surface area contributed by atoms with Crippen molar-refractivity contribution < 1.29 is 0 Å². The van der Waals surface area contributed by atoms with Gasteiger partial charge in [-0.15, -0.1) is 0 Å². The van der Waals surface area contributed by atoms with E-state index in [1.165, 1.54) is 64.7 Å². The van der Waals surface area contributed by atoms with E-state index in [1.807, 2.05) is 9.12 Å². The van der Waals surface area contributed by atoms with Gasteiger partial charge in [-0.05, 0) is 16.2 Å². The van der Waals surface area contributed by atoms with Crippen LogP contribution in [0.5, 0.6) is 0 Å². The van der Waals surface area contributed by atoms with Crippen molar-refractivity contribution in [3.8, 4) is 0 Å². The molecule has 15 heavy (non-hydrogen) atoms. The fourth-order valence-corrected chi connectivity index (χ4v) is 3.40. The summed E-state index contributed by atoms with van der Waals surface area (Å²) < 4.78 is 2.39. The van der Waals surface area contributed by atoms with Gasteiger partial charge in [-0.25, -0.2) is 4.31 Å². The van der Waals surface area contributed by atoms with Gasteiger partial charge in [0.15, 0.2) is 0 Å². The zero-order valence-corrected chi connectivity index (χ0v) is 12.7. The van der Waals surface area contributed by atoms with E-state index in [4.69, 9.17) is 0 Å². The standard InChI is InChI=1S/C6H12.C5H11IN2S/c1-2-4-6-5-3-1;1-7-2-4-8(9-6)5-3-7/h1-6H2;2-5H2,1H3. The maximum absolute atomic E-state index is 2.39. The third kappa shape index (κ3) is 7.02. The maximum atomic E-state index is 2.39. The zero-order chi connectivity index (χ0) is 10.9. The number of hydrogen-bond acceptors (Lipinski definition) is 3. The van der Waals surface area contributed by atoms with E-state index in [0.29, 0.717) is 0 Å². The molecule has 90 valence electrons. The van der Waals surface area contributed by atoms with Crippen LogP contribution < -0.4 is 0 Å². The first-order valence-corrected chi connectivity index (χ1v) is 9.37. The highest BCUT2D eigenvalue weighted by Gasteiger charge is 2.11. The van der Waals surface area contributed by atoms with Gasteiger partial charge in [0.05, 0.1) is 0 Å². The molecule has 2 rings (SSSR count). The lowest BCUT2D eigenvalue weighted by molar-refractivity contribution is 0.235. The Morgan fingerprint density at radius 1 is 0.800 bits per heavy atom. The van der Waals surface area contributed by atoms with Gasteiger partial charge in [-0.2, -0.15) is 0 Å². The molecule has 2 fully saturated rings. The lowest BCUT2D eigenvalue weighted by Crippen LogP contribution is -2.40. The predicted octanol–water partition coefficient (Wildman–Crippen LogP) is 3.57. The van der Waals surface area contributed by atoms with Gasteiger partial charge in [-0.3, -0.25) is 0 Å². The highest BCUT2D eigenvalue weighted by atomic mass is 127. The largest absolute Gasteiger partial charge is 0.304 e. The van der Waals surface area contributed by atoms with E-state index in [2.05, 4.69) is 37.5 Å². The number of hydrogen-bond donors (Lipinski definition) is 0. The molecule has 1 aliphatic carbocycles. The van der Waals surface area contributed by atoms with Gasteiger partial charge in [0, 0.05) is 47.4 Å². The van der Waals surface area contributed by atoms with Gasteiger partial charge < -0.3 is 4.90 Å².